The van der Waals surface area contributed by atoms with Crippen molar-refractivity contribution in [2.45, 2.75) is 9.79 Å². The normalized spacial score (nSPS) is 12.7. The van der Waals surface area contributed by atoms with Crippen molar-refractivity contribution in [2.24, 2.45) is 20.5 Å². The average Bonchev–Trinajstić information content (AvgIpc) is 2.91. The van der Waals surface area contributed by atoms with Crippen molar-refractivity contribution in [3.63, 3.8) is 0 Å². The molecule has 0 heterocycles. The Morgan fingerprint density at radius 3 is 1.54 bits per heavy atom. The summed E-state index contributed by atoms with van der Waals surface area (Å²) < 4.78 is 65.7. The molecule has 0 spiro atoms. The Morgan fingerprint density at radius 2 is 0.974 bits per heavy atom. The number of rotatable bonds is 6. The van der Waals surface area contributed by atoms with Crippen molar-refractivity contribution < 1.29 is 25.9 Å². The zero-order valence-corrected chi connectivity index (χ0v) is 21.5. The zero-order chi connectivity index (χ0) is 27.8. The summed E-state index contributed by atoms with van der Waals surface area (Å²) >= 11 is 0. The Hall–Kier alpha value is -4.56. The van der Waals surface area contributed by atoms with Gasteiger partial charge in [0.15, 0.2) is 0 Å². The maximum Gasteiger partial charge on any atom is 0.294 e. The van der Waals surface area contributed by atoms with Gasteiger partial charge in [-0.1, -0.05) is 30.3 Å². The van der Waals surface area contributed by atoms with Crippen molar-refractivity contribution in [3.8, 4) is 0 Å². The van der Waals surface area contributed by atoms with Gasteiger partial charge in [-0.15, -0.1) is 15.3 Å². The Morgan fingerprint density at radius 1 is 0.513 bits per heavy atom. The van der Waals surface area contributed by atoms with Crippen molar-refractivity contribution in [2.75, 3.05) is 5.73 Å². The molecule has 0 atom stereocenters. The number of nitrogens with zero attached hydrogens (tertiary/aromatic N) is 4. The van der Waals surface area contributed by atoms with Crippen LogP contribution in [0.1, 0.15) is 0 Å². The molecule has 0 radical (unpaired) electrons. The van der Waals surface area contributed by atoms with Crippen molar-refractivity contribution >= 4 is 70.2 Å². The summed E-state index contributed by atoms with van der Waals surface area (Å²) in [5, 5.41) is 18.8. The van der Waals surface area contributed by atoms with Gasteiger partial charge in [-0.05, 0) is 60.7 Å². The predicted molar refractivity (Wildman–Crippen MR) is 147 cm³/mol. The van der Waals surface area contributed by atoms with Crippen LogP contribution in [0.15, 0.2) is 121 Å². The molecule has 0 amide bonds. The van der Waals surface area contributed by atoms with Gasteiger partial charge in [-0.2, -0.15) is 21.9 Å². The lowest BCUT2D eigenvalue weighted by molar-refractivity contribution is 0.481. The van der Waals surface area contributed by atoms with Gasteiger partial charge in [0, 0.05) is 27.2 Å². The highest BCUT2D eigenvalue weighted by molar-refractivity contribution is 7.86. The first-order chi connectivity index (χ1) is 18.5. The molecule has 11 nitrogen and oxygen atoms in total. The molecule has 0 saturated carbocycles. The van der Waals surface area contributed by atoms with E-state index in [1.54, 1.807) is 30.3 Å². The molecule has 5 aromatic carbocycles. The van der Waals surface area contributed by atoms with E-state index in [1.165, 1.54) is 42.5 Å². The first-order valence-electron chi connectivity index (χ1n) is 11.2. The summed E-state index contributed by atoms with van der Waals surface area (Å²) in [7, 11) is -8.95. The SMILES string of the molecule is Nc1ccc(/N=N/c2ccc(/N=N/c3ccccc3)c3ccc(S(=O)(=O)O)cc23)c2ccc(S(=O)(=O)O)cc12. The monoisotopic (exact) mass is 561 g/mol. The van der Waals surface area contributed by atoms with E-state index in [0.29, 0.717) is 38.6 Å². The maximum absolute atomic E-state index is 11.8. The molecule has 0 aromatic heterocycles. The van der Waals surface area contributed by atoms with Crippen LogP contribution in [0, 0.1) is 0 Å². The van der Waals surface area contributed by atoms with Crippen LogP contribution in [0.3, 0.4) is 0 Å². The molecular weight excluding hydrogens is 542 g/mol. The van der Waals surface area contributed by atoms with Gasteiger partial charge < -0.3 is 5.73 Å². The Balaban J connectivity index is 1.64. The van der Waals surface area contributed by atoms with Gasteiger partial charge in [0.25, 0.3) is 20.2 Å². The van der Waals surface area contributed by atoms with Gasteiger partial charge in [0.05, 0.1) is 32.5 Å². The molecular formula is C26H19N5O6S2. The van der Waals surface area contributed by atoms with Crippen molar-refractivity contribution in [1.82, 2.24) is 0 Å². The van der Waals surface area contributed by atoms with Gasteiger partial charge in [-0.25, -0.2) is 0 Å². The molecule has 0 aliphatic carbocycles. The average molecular weight is 562 g/mol. The number of nitrogen functional groups attached to an aromatic ring is 1. The first kappa shape index (κ1) is 26.1. The van der Waals surface area contributed by atoms with E-state index in [9.17, 15) is 25.9 Å². The van der Waals surface area contributed by atoms with E-state index in [4.69, 9.17) is 5.73 Å². The minimum Gasteiger partial charge on any atom is -0.398 e. The standard InChI is InChI=1S/C26H19N5O6S2/c27-23-10-11-24(19-8-6-17(14-21(19)23)38(32,33)34)30-31-26-13-12-25(29-28-16-4-2-1-3-5-16)20-9-7-18(15-22(20)26)39(35,36)37/h1-15H,27H2,(H,32,33,34)(H,35,36,37)/b29-28+,31-30+. The number of nitrogens with two attached hydrogens (primary N) is 1. The van der Waals surface area contributed by atoms with Crippen LogP contribution in [0.4, 0.5) is 28.4 Å². The number of hydrogen-bond donors (Lipinski definition) is 3. The third-order valence-corrected chi connectivity index (χ3v) is 7.53. The lowest BCUT2D eigenvalue weighted by atomic mass is 10.1. The van der Waals surface area contributed by atoms with Crippen molar-refractivity contribution in [1.29, 1.82) is 0 Å². The molecule has 0 aliphatic rings. The fraction of sp³-hybridized carbons (Fsp3) is 0. The lowest BCUT2D eigenvalue weighted by Gasteiger charge is -2.08. The smallest absolute Gasteiger partial charge is 0.294 e. The summed E-state index contributed by atoms with van der Waals surface area (Å²) in [6.45, 7) is 0. The fourth-order valence-electron chi connectivity index (χ4n) is 3.93. The highest BCUT2D eigenvalue weighted by Crippen LogP contribution is 2.38. The fourth-order valence-corrected chi connectivity index (χ4v) is 4.94. The Kier molecular flexibility index (Phi) is 6.66. The van der Waals surface area contributed by atoms with Crippen LogP contribution in [0.25, 0.3) is 21.5 Å². The topological polar surface area (TPSA) is 184 Å². The largest absolute Gasteiger partial charge is 0.398 e. The van der Waals surface area contributed by atoms with Crippen LogP contribution in [-0.4, -0.2) is 25.9 Å². The second-order valence-electron chi connectivity index (χ2n) is 8.38. The zero-order valence-electron chi connectivity index (χ0n) is 19.9. The second kappa shape index (κ2) is 9.96. The molecule has 39 heavy (non-hydrogen) atoms. The number of azo groups is 2. The summed E-state index contributed by atoms with van der Waals surface area (Å²) in [5.74, 6) is 0. The third kappa shape index (κ3) is 5.51. The van der Waals surface area contributed by atoms with Gasteiger partial charge in [0.2, 0.25) is 0 Å². The number of fused-ring (bicyclic) bond motifs is 2. The van der Waals surface area contributed by atoms with Crippen LogP contribution >= 0.6 is 0 Å². The van der Waals surface area contributed by atoms with Crippen LogP contribution < -0.4 is 5.73 Å². The molecule has 0 fully saturated rings. The third-order valence-electron chi connectivity index (χ3n) is 5.83. The van der Waals surface area contributed by atoms with E-state index in [-0.39, 0.29) is 21.2 Å². The van der Waals surface area contributed by atoms with E-state index in [0.717, 1.165) is 0 Å². The summed E-state index contributed by atoms with van der Waals surface area (Å²) in [4.78, 5) is -0.654. The molecule has 0 saturated heterocycles. The second-order valence-corrected chi connectivity index (χ2v) is 11.2. The van der Waals surface area contributed by atoms with Crippen molar-refractivity contribution in [3.05, 3.63) is 91.0 Å². The van der Waals surface area contributed by atoms with Gasteiger partial charge >= 0.3 is 0 Å². The molecule has 4 N–H and O–H groups in total. The van der Waals surface area contributed by atoms with E-state index in [2.05, 4.69) is 20.5 Å². The molecule has 0 unspecified atom stereocenters. The molecule has 0 aliphatic heterocycles. The lowest BCUT2D eigenvalue weighted by Crippen LogP contribution is -1.98. The van der Waals surface area contributed by atoms with Crippen LogP contribution in [0.5, 0.6) is 0 Å². The summed E-state index contributed by atoms with van der Waals surface area (Å²) in [6.07, 6.45) is 0. The number of benzene rings is 5. The van der Waals surface area contributed by atoms with Crippen LogP contribution in [-0.2, 0) is 20.2 Å². The minimum absolute atomic E-state index is 0.269. The number of anilines is 1. The Labute approximate surface area is 222 Å². The quantitative estimate of drug-likeness (QED) is 0.114. The van der Waals surface area contributed by atoms with Gasteiger partial charge in [-0.3, -0.25) is 9.11 Å². The molecule has 0 bridgehead atoms. The first-order valence-corrected chi connectivity index (χ1v) is 14.1. The van der Waals surface area contributed by atoms with E-state index < -0.39 is 20.2 Å². The van der Waals surface area contributed by atoms with Crippen LogP contribution in [0.2, 0.25) is 0 Å². The minimum atomic E-state index is -4.51. The van der Waals surface area contributed by atoms with E-state index in [1.807, 2.05) is 18.2 Å². The van der Waals surface area contributed by atoms with Gasteiger partial charge in [0.1, 0.15) is 0 Å². The highest BCUT2D eigenvalue weighted by atomic mass is 32.2. The summed E-state index contributed by atoms with van der Waals surface area (Å²) in [6, 6.07) is 23.3. The molecule has 5 aromatic rings. The van der Waals surface area contributed by atoms with E-state index >= 15 is 0 Å². The number of hydrogen-bond acceptors (Lipinski definition) is 9. The maximum atomic E-state index is 11.8. The molecule has 196 valence electrons. The summed E-state index contributed by atoms with van der Waals surface area (Å²) in [5.41, 5.74) is 7.95. The molecule has 5 rings (SSSR count). The Bertz CT molecular complexity index is 2030. The highest BCUT2D eigenvalue weighted by Gasteiger charge is 2.15. The molecule has 13 heteroatoms. The predicted octanol–water partition coefficient (Wildman–Crippen LogP) is 6.90.